The van der Waals surface area contributed by atoms with Gasteiger partial charge in [0.2, 0.25) is 0 Å². The molecule has 0 saturated carbocycles. The zero-order valence-corrected chi connectivity index (χ0v) is 78.0. The molecule has 6 aromatic carbocycles. The van der Waals surface area contributed by atoms with Crippen molar-refractivity contribution in [2.45, 2.75) is 241 Å². The second-order valence-corrected chi connectivity index (χ2v) is 36.3. The number of rotatable bonds is 60. The summed E-state index contributed by atoms with van der Waals surface area (Å²) in [5.74, 6) is 4.55. The van der Waals surface area contributed by atoms with E-state index in [9.17, 15) is 55.3 Å². The van der Waals surface area contributed by atoms with E-state index in [1.807, 2.05) is 4.72 Å². The Hall–Kier alpha value is -7.75. The summed E-state index contributed by atoms with van der Waals surface area (Å²) in [4.78, 5) is 10.8. The van der Waals surface area contributed by atoms with Crippen molar-refractivity contribution >= 4 is 67.6 Å². The number of benzene rings is 6. The Morgan fingerprint density at radius 1 is 0.231 bits per heavy atom. The molecule has 6 N–H and O–H groups in total. The number of carbonyl (C=O) groups is 1. The van der Waals surface area contributed by atoms with E-state index >= 15 is 0 Å². The summed E-state index contributed by atoms with van der Waals surface area (Å²) in [5, 5.41) is 0. The fourth-order valence-electron chi connectivity index (χ4n) is 10.4. The SMILES string of the molecule is CCCCCCCCCCOc1cccc(OS(=O)(=O)NC)c1.CCCCCCCCCOc1cccc(OS(=O)(=O)NC)c1.CCCCCCCCOc1cccc(OS(=O)(=O)NC)c1.CCCCCCCOc1cccc(OS(=O)(=O)NC)c1.CCCCCCOc1cccc(OS(=O)(=O)NC)c1.CNS(=O)(=O)Oc1ccc(CC(C)=O)cc1. The lowest BCUT2D eigenvalue weighted by Crippen LogP contribution is -2.24. The van der Waals surface area contributed by atoms with Crippen LogP contribution in [0.4, 0.5) is 0 Å². The van der Waals surface area contributed by atoms with Gasteiger partial charge in [-0.3, -0.25) is 4.79 Å². The van der Waals surface area contributed by atoms with Crippen molar-refractivity contribution in [3.63, 3.8) is 0 Å². The van der Waals surface area contributed by atoms with Crippen LogP contribution in [-0.4, -0.2) is 132 Å². The van der Waals surface area contributed by atoms with E-state index < -0.39 is 61.8 Å². The molecule has 0 aliphatic rings. The molecule has 0 atom stereocenters. The molecule has 36 heteroatoms. The first-order valence-electron chi connectivity index (χ1n) is 41.8. The van der Waals surface area contributed by atoms with Crippen molar-refractivity contribution in [1.29, 1.82) is 0 Å². The third-order valence-corrected chi connectivity index (χ3v) is 22.4. The molecule has 688 valence electrons. The van der Waals surface area contributed by atoms with Crippen molar-refractivity contribution in [2.75, 3.05) is 75.3 Å². The van der Waals surface area contributed by atoms with Crippen molar-refractivity contribution < 1.29 is 104 Å². The normalized spacial score (nSPS) is 11.3. The van der Waals surface area contributed by atoms with Gasteiger partial charge in [0.1, 0.15) is 69.0 Å². The van der Waals surface area contributed by atoms with Crippen LogP contribution in [0.5, 0.6) is 63.2 Å². The van der Waals surface area contributed by atoms with Crippen LogP contribution in [-0.2, 0) is 73.0 Å². The maximum atomic E-state index is 11.3. The predicted octanol–water partition coefficient (Wildman–Crippen LogP) is 17.0. The lowest BCUT2D eigenvalue weighted by atomic mass is 10.1. The monoisotopic (exact) mass is 1820 g/mol. The van der Waals surface area contributed by atoms with Gasteiger partial charge in [0.15, 0.2) is 0 Å². The number of hydrogen-bond acceptors (Lipinski definition) is 24. The van der Waals surface area contributed by atoms with Gasteiger partial charge in [-0.1, -0.05) is 238 Å². The molecule has 6 rings (SSSR count). The lowest BCUT2D eigenvalue weighted by Gasteiger charge is -2.09. The molecule has 0 saturated heterocycles. The van der Waals surface area contributed by atoms with Gasteiger partial charge in [0.05, 0.1) is 33.0 Å². The van der Waals surface area contributed by atoms with Crippen LogP contribution >= 0.6 is 0 Å². The Bertz CT molecular complexity index is 4420. The molecule has 0 radical (unpaired) electrons. The molecule has 0 aliphatic heterocycles. The van der Waals surface area contributed by atoms with Gasteiger partial charge >= 0.3 is 61.8 Å². The zero-order chi connectivity index (χ0) is 90.0. The first-order valence-corrected chi connectivity index (χ1v) is 50.2. The number of nitrogens with one attached hydrogen (secondary N) is 6. The van der Waals surface area contributed by atoms with E-state index in [0.29, 0.717) is 68.2 Å². The van der Waals surface area contributed by atoms with Crippen LogP contribution in [0, 0.1) is 0 Å². The second-order valence-electron chi connectivity index (χ2n) is 27.4. The summed E-state index contributed by atoms with van der Waals surface area (Å²) in [7, 11) is -14.6. The van der Waals surface area contributed by atoms with Gasteiger partial charge in [-0.05, 0) is 117 Å². The smallest absolute Gasteiger partial charge is 0.382 e. The van der Waals surface area contributed by atoms with Crippen LogP contribution in [0.25, 0.3) is 0 Å². The molecule has 0 amide bonds. The first kappa shape index (κ1) is 111. The number of ether oxygens (including phenoxy) is 5. The highest BCUT2D eigenvalue weighted by atomic mass is 32.3. The summed E-state index contributed by atoms with van der Waals surface area (Å²) in [6.07, 6.45) is 36.5. The van der Waals surface area contributed by atoms with E-state index in [0.717, 1.165) is 69.8 Å². The number of unbranched alkanes of at least 4 members (excludes halogenated alkanes) is 25. The maximum Gasteiger partial charge on any atom is 0.382 e. The number of Topliss-reactive ketones (excluding diaryl/α,β-unsaturated/α-hetero) is 1. The standard InChI is InChI=1S/C17H29NO4S.C16H27NO4S.C15H25NO4S.C14H23NO4S.C13H21NO4S.C10H13NO4S/c1-3-4-5-6-7-8-9-10-14-21-16-12-11-13-17(15-16)22-23(19,20)18-2;1-3-4-5-6-7-8-9-13-20-15-11-10-12-16(14-15)21-22(18,19)17-2;1-3-4-5-6-7-8-12-19-14-10-9-11-15(13-14)20-21(17,18)16-2;1-3-4-5-6-7-11-18-13-9-8-10-14(12-13)19-20(16,17)15-2;1-3-4-5-6-10-17-12-8-7-9-13(11-12)18-19(15,16)14-2;1-8(12)7-9-3-5-10(6-4-9)15-16(13,14)11-2/h11-13,15,18H,3-10,14H2,1-2H3;10-12,14,17H,3-9,13H2,1-2H3;9-11,13,16H,3-8,12H2,1-2H3;8-10,12,15H,3-7,11H2,1-2H3;7-9,11,14H,3-6,10H2,1-2H3;3-6,11H,7H2,1-2H3. The van der Waals surface area contributed by atoms with E-state index in [-0.39, 0.29) is 40.3 Å². The molecule has 0 spiro atoms. The summed E-state index contributed by atoms with van der Waals surface area (Å²) in [5.41, 5.74) is 0.821. The highest BCUT2D eigenvalue weighted by Gasteiger charge is 2.16. The topological polar surface area (TPSA) is 396 Å². The predicted molar refractivity (Wildman–Crippen MR) is 479 cm³/mol. The molecule has 0 heterocycles. The van der Waals surface area contributed by atoms with Crippen molar-refractivity contribution in [2.24, 2.45) is 0 Å². The largest absolute Gasteiger partial charge is 0.493 e. The van der Waals surface area contributed by atoms with E-state index in [2.05, 4.69) is 62.4 Å². The summed E-state index contributed by atoms with van der Waals surface area (Å²) < 4.78 is 204. The van der Waals surface area contributed by atoms with E-state index in [1.165, 1.54) is 190 Å². The van der Waals surface area contributed by atoms with Crippen LogP contribution in [0.3, 0.4) is 0 Å². The number of ketones is 1. The molecular formula is C85H138N6O24S6. The first-order chi connectivity index (χ1) is 57.8. The zero-order valence-electron chi connectivity index (χ0n) is 73.1. The Morgan fingerprint density at radius 3 is 0.579 bits per heavy atom. The van der Waals surface area contributed by atoms with Gasteiger partial charge in [0, 0.05) is 79.0 Å². The molecular weight excluding hydrogens is 1680 g/mol. The van der Waals surface area contributed by atoms with Gasteiger partial charge in [0.25, 0.3) is 0 Å². The summed E-state index contributed by atoms with van der Waals surface area (Å²) in [6.45, 7) is 15.6. The van der Waals surface area contributed by atoms with E-state index in [4.69, 9.17) is 44.6 Å². The minimum atomic E-state index is -3.74. The Balaban J connectivity index is 0.000000728. The van der Waals surface area contributed by atoms with Gasteiger partial charge in [-0.25, -0.2) is 0 Å². The molecule has 0 aromatic heterocycles. The Labute approximate surface area is 725 Å². The Morgan fingerprint density at radius 2 is 0.397 bits per heavy atom. The fraction of sp³-hybridized carbons (Fsp3) is 0.565. The molecule has 121 heavy (non-hydrogen) atoms. The van der Waals surface area contributed by atoms with Gasteiger partial charge in [-0.2, -0.15) is 78.8 Å². The molecule has 30 nitrogen and oxygen atoms in total. The van der Waals surface area contributed by atoms with Crippen LogP contribution in [0.2, 0.25) is 0 Å². The fourth-order valence-corrected chi connectivity index (χ4v) is 13.1. The molecule has 0 unspecified atom stereocenters. The minimum absolute atomic E-state index is 0.0523. The van der Waals surface area contributed by atoms with Crippen molar-refractivity contribution in [3.8, 4) is 63.2 Å². The van der Waals surface area contributed by atoms with E-state index in [1.54, 1.807) is 133 Å². The third-order valence-electron chi connectivity index (χ3n) is 17.0. The highest BCUT2D eigenvalue weighted by molar-refractivity contribution is 7.86. The van der Waals surface area contributed by atoms with Gasteiger partial charge in [-0.15, -0.1) is 0 Å². The van der Waals surface area contributed by atoms with Crippen LogP contribution in [0.15, 0.2) is 146 Å². The highest BCUT2D eigenvalue weighted by Crippen LogP contribution is 2.27. The average molecular weight is 1820 g/mol. The maximum absolute atomic E-state index is 11.3. The number of hydrogen-bond donors (Lipinski definition) is 6. The van der Waals surface area contributed by atoms with Crippen molar-refractivity contribution in [1.82, 2.24) is 28.3 Å². The third kappa shape index (κ3) is 61.3. The van der Waals surface area contributed by atoms with Crippen LogP contribution in [0.1, 0.15) is 240 Å². The quantitative estimate of drug-likeness (QED) is 0.0193. The summed E-state index contributed by atoms with van der Waals surface area (Å²) in [6, 6.07) is 39.5. The molecule has 0 bridgehead atoms. The van der Waals surface area contributed by atoms with Crippen molar-refractivity contribution in [3.05, 3.63) is 151 Å². The number of carbonyl (C=O) groups excluding carboxylic acids is 1. The Kier molecular flexibility index (Phi) is 61.4. The molecule has 0 fully saturated rings. The average Bonchev–Trinajstić information content (AvgIpc) is 0.903. The van der Waals surface area contributed by atoms with Gasteiger partial charge < -0.3 is 48.8 Å². The minimum Gasteiger partial charge on any atom is -0.493 e. The molecule has 0 aliphatic carbocycles. The molecule has 6 aromatic rings. The lowest BCUT2D eigenvalue weighted by molar-refractivity contribution is -0.116. The second kappa shape index (κ2) is 66.8. The summed E-state index contributed by atoms with van der Waals surface area (Å²) >= 11 is 0. The van der Waals surface area contributed by atoms with Crippen LogP contribution < -0.4 is 77.1 Å².